The Morgan fingerprint density at radius 2 is 1.65 bits per heavy atom. The second-order valence-electron chi connectivity index (χ2n) is 4.85. The lowest BCUT2D eigenvalue weighted by atomic mass is 10.00. The van der Waals surface area contributed by atoms with Gasteiger partial charge in [0.2, 0.25) is 0 Å². The van der Waals surface area contributed by atoms with Crippen LogP contribution in [0.25, 0.3) is 22.4 Å². The predicted octanol–water partition coefficient (Wildman–Crippen LogP) is 4.84. The molecule has 0 amide bonds. The van der Waals surface area contributed by atoms with Gasteiger partial charge in [0.1, 0.15) is 11.6 Å². The molecule has 0 aliphatic heterocycles. The van der Waals surface area contributed by atoms with Crippen molar-refractivity contribution < 1.29 is 17.9 Å². The first-order valence-corrected chi connectivity index (χ1v) is 6.85. The lowest BCUT2D eigenvalue weighted by Crippen LogP contribution is -1.99. The maximum absolute atomic E-state index is 14.4. The van der Waals surface area contributed by atoms with Gasteiger partial charge in [0.15, 0.2) is 11.6 Å². The lowest BCUT2D eigenvalue weighted by molar-refractivity contribution is 0.415. The predicted molar refractivity (Wildman–Crippen MR) is 81.5 cm³/mol. The number of methoxy groups -OCH3 is 1. The van der Waals surface area contributed by atoms with Crippen LogP contribution >= 0.6 is 0 Å². The van der Waals surface area contributed by atoms with Gasteiger partial charge in [-0.25, -0.2) is 13.2 Å². The summed E-state index contributed by atoms with van der Waals surface area (Å²) in [4.78, 5) is 3.93. The van der Waals surface area contributed by atoms with Crippen molar-refractivity contribution in [3.05, 3.63) is 72.2 Å². The minimum absolute atomic E-state index is 0.170. The van der Waals surface area contributed by atoms with Crippen LogP contribution in [0.1, 0.15) is 0 Å². The second-order valence-corrected chi connectivity index (χ2v) is 4.85. The number of hydrogen-bond acceptors (Lipinski definition) is 2. The molecule has 0 spiro atoms. The molecule has 0 saturated carbocycles. The Labute approximate surface area is 131 Å². The molecule has 1 heterocycles. The molecule has 116 valence electrons. The van der Waals surface area contributed by atoms with Crippen LogP contribution in [0.2, 0.25) is 0 Å². The van der Waals surface area contributed by atoms with Gasteiger partial charge in [-0.3, -0.25) is 4.98 Å². The molecule has 0 aliphatic rings. The number of rotatable bonds is 3. The molecule has 0 bridgehead atoms. The SMILES string of the molecule is COc1ccc(-c2c(F)cc(-c3ccccn3)c(F)c2F)cc1. The van der Waals surface area contributed by atoms with E-state index in [2.05, 4.69) is 4.98 Å². The maximum Gasteiger partial charge on any atom is 0.170 e. The first-order chi connectivity index (χ1) is 11.1. The molecule has 2 aromatic carbocycles. The summed E-state index contributed by atoms with van der Waals surface area (Å²) in [6, 6.07) is 11.8. The molecule has 0 N–H and O–H groups in total. The normalized spacial score (nSPS) is 10.6. The highest BCUT2D eigenvalue weighted by Crippen LogP contribution is 2.33. The highest BCUT2D eigenvalue weighted by molar-refractivity contribution is 5.71. The Hall–Kier alpha value is -2.82. The number of nitrogens with zero attached hydrogens (tertiary/aromatic N) is 1. The molecule has 0 unspecified atom stereocenters. The van der Waals surface area contributed by atoms with E-state index in [1.165, 1.54) is 31.5 Å². The average Bonchev–Trinajstić information content (AvgIpc) is 2.59. The minimum atomic E-state index is -1.24. The Balaban J connectivity index is 2.14. The van der Waals surface area contributed by atoms with E-state index < -0.39 is 23.0 Å². The van der Waals surface area contributed by atoms with Crippen molar-refractivity contribution >= 4 is 0 Å². The van der Waals surface area contributed by atoms with Gasteiger partial charge in [0, 0.05) is 11.8 Å². The first kappa shape index (κ1) is 15.1. The van der Waals surface area contributed by atoms with E-state index in [0.717, 1.165) is 6.07 Å². The smallest absolute Gasteiger partial charge is 0.170 e. The molecule has 0 atom stereocenters. The number of ether oxygens (including phenoxy) is 1. The Morgan fingerprint density at radius 1 is 0.913 bits per heavy atom. The summed E-state index contributed by atoms with van der Waals surface area (Å²) in [5.74, 6) is -2.68. The van der Waals surface area contributed by atoms with Gasteiger partial charge in [-0.15, -0.1) is 0 Å². The lowest BCUT2D eigenvalue weighted by Gasteiger charge is -2.10. The van der Waals surface area contributed by atoms with Crippen LogP contribution in [0.3, 0.4) is 0 Å². The van der Waals surface area contributed by atoms with Gasteiger partial charge in [-0.05, 0) is 35.9 Å². The fraction of sp³-hybridized carbons (Fsp3) is 0.0556. The summed E-state index contributed by atoms with van der Waals surface area (Å²) >= 11 is 0. The van der Waals surface area contributed by atoms with Crippen molar-refractivity contribution in [2.75, 3.05) is 7.11 Å². The summed E-state index contributed by atoms with van der Waals surface area (Å²) in [5.41, 5.74) is -0.223. The van der Waals surface area contributed by atoms with Crippen molar-refractivity contribution in [2.45, 2.75) is 0 Å². The van der Waals surface area contributed by atoms with Crippen molar-refractivity contribution in [1.29, 1.82) is 0 Å². The molecule has 3 rings (SSSR count). The molecule has 5 heteroatoms. The number of benzene rings is 2. The van der Waals surface area contributed by atoms with Crippen molar-refractivity contribution in [1.82, 2.24) is 4.98 Å². The first-order valence-electron chi connectivity index (χ1n) is 6.85. The summed E-state index contributed by atoms with van der Waals surface area (Å²) in [7, 11) is 1.48. The van der Waals surface area contributed by atoms with E-state index in [0.29, 0.717) is 5.75 Å². The summed E-state index contributed by atoms with van der Waals surface area (Å²) in [6.07, 6.45) is 1.43. The van der Waals surface area contributed by atoms with E-state index in [1.54, 1.807) is 24.3 Å². The summed E-state index contributed by atoms with van der Waals surface area (Å²) < 4.78 is 48.1. The molecule has 1 aromatic heterocycles. The van der Waals surface area contributed by atoms with Crippen LogP contribution in [0.4, 0.5) is 13.2 Å². The molecule has 3 aromatic rings. The van der Waals surface area contributed by atoms with Gasteiger partial charge in [0.25, 0.3) is 0 Å². The van der Waals surface area contributed by atoms with Crippen LogP contribution < -0.4 is 4.74 Å². The minimum Gasteiger partial charge on any atom is -0.497 e. The van der Waals surface area contributed by atoms with Gasteiger partial charge < -0.3 is 4.74 Å². The van der Waals surface area contributed by atoms with E-state index in [9.17, 15) is 13.2 Å². The molecular formula is C18H12F3NO. The Bertz CT molecular complexity index is 833. The monoisotopic (exact) mass is 315 g/mol. The zero-order valence-electron chi connectivity index (χ0n) is 12.2. The number of halogens is 3. The Morgan fingerprint density at radius 3 is 2.26 bits per heavy atom. The fourth-order valence-corrected chi connectivity index (χ4v) is 2.33. The van der Waals surface area contributed by atoms with E-state index in [-0.39, 0.29) is 16.8 Å². The Kier molecular flexibility index (Phi) is 4.02. The van der Waals surface area contributed by atoms with Gasteiger partial charge in [-0.1, -0.05) is 18.2 Å². The van der Waals surface area contributed by atoms with E-state index >= 15 is 0 Å². The third kappa shape index (κ3) is 2.77. The summed E-state index contributed by atoms with van der Waals surface area (Å²) in [6.45, 7) is 0. The van der Waals surface area contributed by atoms with Crippen molar-refractivity contribution in [2.24, 2.45) is 0 Å². The quantitative estimate of drug-likeness (QED) is 0.645. The molecule has 0 saturated heterocycles. The molecule has 0 fully saturated rings. The molecule has 0 radical (unpaired) electrons. The van der Waals surface area contributed by atoms with Crippen LogP contribution in [0.5, 0.6) is 5.75 Å². The largest absolute Gasteiger partial charge is 0.497 e. The molecule has 0 aliphatic carbocycles. The number of aromatic nitrogens is 1. The zero-order chi connectivity index (χ0) is 16.4. The van der Waals surface area contributed by atoms with Gasteiger partial charge >= 0.3 is 0 Å². The van der Waals surface area contributed by atoms with E-state index in [4.69, 9.17) is 4.74 Å². The number of hydrogen-bond donors (Lipinski definition) is 0. The third-order valence-corrected chi connectivity index (χ3v) is 3.48. The van der Waals surface area contributed by atoms with Crippen molar-refractivity contribution in [3.63, 3.8) is 0 Å². The van der Waals surface area contributed by atoms with Crippen LogP contribution in [0, 0.1) is 17.5 Å². The molecular weight excluding hydrogens is 303 g/mol. The van der Waals surface area contributed by atoms with Crippen molar-refractivity contribution in [3.8, 4) is 28.1 Å². The zero-order valence-corrected chi connectivity index (χ0v) is 12.2. The fourth-order valence-electron chi connectivity index (χ4n) is 2.33. The summed E-state index contributed by atoms with van der Waals surface area (Å²) in [5, 5.41) is 0. The molecule has 2 nitrogen and oxygen atoms in total. The average molecular weight is 315 g/mol. The third-order valence-electron chi connectivity index (χ3n) is 3.48. The topological polar surface area (TPSA) is 22.1 Å². The second kappa shape index (κ2) is 6.12. The highest BCUT2D eigenvalue weighted by atomic mass is 19.2. The van der Waals surface area contributed by atoms with Gasteiger partial charge in [-0.2, -0.15) is 0 Å². The van der Waals surface area contributed by atoms with Crippen LogP contribution in [-0.2, 0) is 0 Å². The highest BCUT2D eigenvalue weighted by Gasteiger charge is 2.21. The molecule has 23 heavy (non-hydrogen) atoms. The number of pyridine rings is 1. The van der Waals surface area contributed by atoms with E-state index in [1.807, 2.05) is 0 Å². The van der Waals surface area contributed by atoms with Crippen LogP contribution in [-0.4, -0.2) is 12.1 Å². The van der Waals surface area contributed by atoms with Gasteiger partial charge in [0.05, 0.1) is 18.4 Å². The van der Waals surface area contributed by atoms with Crippen LogP contribution in [0.15, 0.2) is 54.7 Å². The standard InChI is InChI=1S/C18H12F3NO/c1-23-12-7-5-11(6-8-12)16-14(19)10-13(17(20)18(16)21)15-4-2-3-9-22-15/h2-10H,1H3. The maximum atomic E-state index is 14.4.